The fraction of sp³-hybridized carbons (Fsp3) is 0.909. The second-order valence-corrected chi connectivity index (χ2v) is 4.12. The van der Waals surface area contributed by atoms with Gasteiger partial charge in [0.1, 0.15) is 0 Å². The lowest BCUT2D eigenvalue weighted by atomic mass is 9.77. The van der Waals surface area contributed by atoms with Crippen LogP contribution in [0.1, 0.15) is 25.7 Å². The van der Waals surface area contributed by atoms with Gasteiger partial charge in [0.25, 0.3) is 0 Å². The molecule has 0 aromatic heterocycles. The number of carbonyl (C=O) groups is 1. The number of hydrogen-bond acceptors (Lipinski definition) is 4. The van der Waals surface area contributed by atoms with E-state index in [-0.39, 0.29) is 17.8 Å². The summed E-state index contributed by atoms with van der Waals surface area (Å²) in [5.41, 5.74) is -0.222. The Morgan fingerprint density at radius 3 is 2.31 bits per heavy atom. The Labute approximate surface area is 96.4 Å². The van der Waals surface area contributed by atoms with Gasteiger partial charge in [0.15, 0.2) is 6.29 Å². The van der Waals surface area contributed by atoms with Crippen molar-refractivity contribution in [3.63, 3.8) is 0 Å². The van der Waals surface area contributed by atoms with Crippen molar-refractivity contribution in [3.8, 4) is 0 Å². The minimum atomic E-state index is -0.385. The number of ether oxygens (including phenoxy) is 3. The minimum Gasteiger partial charge on any atom is -0.378 e. The minimum absolute atomic E-state index is 0.0133. The third-order valence-electron chi connectivity index (χ3n) is 3.17. The van der Waals surface area contributed by atoms with Gasteiger partial charge in [-0.1, -0.05) is 0 Å². The summed E-state index contributed by atoms with van der Waals surface area (Å²) in [5.74, 6) is -0.0133. The quantitative estimate of drug-likeness (QED) is 0.655. The Morgan fingerprint density at radius 1 is 1.31 bits per heavy atom. The Morgan fingerprint density at radius 2 is 1.94 bits per heavy atom. The summed E-state index contributed by atoms with van der Waals surface area (Å²) in [6.07, 6.45) is 3.11. The van der Waals surface area contributed by atoms with Crippen LogP contribution >= 0.6 is 0 Å². The second kappa shape index (κ2) is 6.18. The maximum atomic E-state index is 11.6. The van der Waals surface area contributed by atoms with Gasteiger partial charge in [-0.15, -0.1) is 0 Å². The molecule has 0 aromatic rings. The van der Waals surface area contributed by atoms with E-state index in [1.165, 1.54) is 0 Å². The van der Waals surface area contributed by atoms with Crippen LogP contribution in [0.3, 0.4) is 0 Å². The van der Waals surface area contributed by atoms with Crippen molar-refractivity contribution in [2.24, 2.45) is 0 Å². The Hall–Kier alpha value is -0.650. The summed E-state index contributed by atoms with van der Waals surface area (Å²) < 4.78 is 15.3. The molecule has 5 nitrogen and oxygen atoms in total. The molecule has 1 amide bonds. The lowest BCUT2D eigenvalue weighted by Gasteiger charge is -2.39. The fourth-order valence-electron chi connectivity index (χ4n) is 1.84. The molecule has 5 heteroatoms. The first-order valence-corrected chi connectivity index (χ1v) is 5.53. The highest BCUT2D eigenvalue weighted by Gasteiger charge is 2.38. The summed E-state index contributed by atoms with van der Waals surface area (Å²) >= 11 is 0. The molecular formula is C11H21NO4. The van der Waals surface area contributed by atoms with E-state index in [4.69, 9.17) is 14.2 Å². The second-order valence-electron chi connectivity index (χ2n) is 4.12. The highest BCUT2D eigenvalue weighted by Crippen LogP contribution is 2.37. The third-order valence-corrected chi connectivity index (χ3v) is 3.17. The molecule has 16 heavy (non-hydrogen) atoms. The molecule has 1 fully saturated rings. The van der Waals surface area contributed by atoms with E-state index < -0.39 is 0 Å². The summed E-state index contributed by atoms with van der Waals surface area (Å²) in [6, 6.07) is 0. The van der Waals surface area contributed by atoms with E-state index in [0.29, 0.717) is 13.0 Å². The molecule has 1 saturated carbocycles. The van der Waals surface area contributed by atoms with Crippen LogP contribution in [0.4, 0.5) is 0 Å². The van der Waals surface area contributed by atoms with Gasteiger partial charge in [-0.2, -0.15) is 0 Å². The highest BCUT2D eigenvalue weighted by atomic mass is 16.7. The third kappa shape index (κ3) is 3.43. The number of nitrogens with one attached hydrogen (secondary N) is 1. The van der Waals surface area contributed by atoms with Crippen molar-refractivity contribution in [1.29, 1.82) is 0 Å². The van der Waals surface area contributed by atoms with Gasteiger partial charge in [0, 0.05) is 21.3 Å². The number of rotatable bonds is 7. The van der Waals surface area contributed by atoms with Crippen molar-refractivity contribution in [2.75, 3.05) is 27.9 Å². The molecule has 0 atom stereocenters. The molecule has 94 valence electrons. The van der Waals surface area contributed by atoms with Crippen molar-refractivity contribution < 1.29 is 19.0 Å². The van der Waals surface area contributed by atoms with Crippen LogP contribution in [0.5, 0.6) is 0 Å². The Bertz CT molecular complexity index is 219. The maximum absolute atomic E-state index is 11.6. The molecule has 0 radical (unpaired) electrons. The Balaban J connectivity index is 2.25. The predicted molar refractivity (Wildman–Crippen MR) is 59.0 cm³/mol. The number of amides is 1. The highest BCUT2D eigenvalue weighted by molar-refractivity contribution is 5.77. The molecule has 1 aliphatic carbocycles. The van der Waals surface area contributed by atoms with Gasteiger partial charge < -0.3 is 19.5 Å². The van der Waals surface area contributed by atoms with Crippen molar-refractivity contribution in [3.05, 3.63) is 0 Å². The SMILES string of the molecule is COC(CNC(=O)CC1(OC)CCC1)OC. The number of methoxy groups -OCH3 is 3. The summed E-state index contributed by atoms with van der Waals surface area (Å²) in [6.45, 7) is 0.367. The van der Waals surface area contributed by atoms with E-state index in [2.05, 4.69) is 5.32 Å². The van der Waals surface area contributed by atoms with E-state index in [0.717, 1.165) is 19.3 Å². The molecule has 0 unspecified atom stereocenters. The zero-order valence-corrected chi connectivity index (χ0v) is 10.2. The van der Waals surface area contributed by atoms with Gasteiger partial charge in [0.05, 0.1) is 18.6 Å². The molecule has 0 spiro atoms. The zero-order valence-electron chi connectivity index (χ0n) is 10.2. The topological polar surface area (TPSA) is 56.8 Å². The maximum Gasteiger partial charge on any atom is 0.223 e. The molecule has 0 heterocycles. The van der Waals surface area contributed by atoms with Gasteiger partial charge in [-0.3, -0.25) is 4.79 Å². The van der Waals surface area contributed by atoms with Gasteiger partial charge in [-0.05, 0) is 19.3 Å². The molecule has 0 aliphatic heterocycles. The molecule has 0 saturated heterocycles. The van der Waals surface area contributed by atoms with Gasteiger partial charge in [0.2, 0.25) is 5.91 Å². The predicted octanol–water partition coefficient (Wildman–Crippen LogP) is 0.681. The molecule has 0 bridgehead atoms. The lowest BCUT2D eigenvalue weighted by Crippen LogP contribution is -2.45. The number of hydrogen-bond donors (Lipinski definition) is 1. The summed E-state index contributed by atoms with van der Waals surface area (Å²) in [7, 11) is 4.76. The van der Waals surface area contributed by atoms with Crippen LogP contribution in [0.15, 0.2) is 0 Å². The summed E-state index contributed by atoms with van der Waals surface area (Å²) in [5, 5.41) is 2.77. The summed E-state index contributed by atoms with van der Waals surface area (Å²) in [4.78, 5) is 11.6. The first-order chi connectivity index (χ1) is 7.65. The van der Waals surface area contributed by atoms with Crippen molar-refractivity contribution in [2.45, 2.75) is 37.6 Å². The average molecular weight is 231 g/mol. The molecule has 1 N–H and O–H groups in total. The molecule has 0 aromatic carbocycles. The van der Waals surface area contributed by atoms with Crippen LogP contribution in [0, 0.1) is 0 Å². The van der Waals surface area contributed by atoms with E-state index >= 15 is 0 Å². The van der Waals surface area contributed by atoms with Crippen LogP contribution in [0.25, 0.3) is 0 Å². The first kappa shape index (κ1) is 13.4. The van der Waals surface area contributed by atoms with Crippen molar-refractivity contribution >= 4 is 5.91 Å². The van der Waals surface area contributed by atoms with Crippen molar-refractivity contribution in [1.82, 2.24) is 5.32 Å². The molecule has 1 aliphatic rings. The first-order valence-electron chi connectivity index (χ1n) is 5.53. The average Bonchev–Trinajstić information content (AvgIpc) is 2.25. The van der Waals surface area contributed by atoms with Gasteiger partial charge >= 0.3 is 0 Å². The van der Waals surface area contributed by atoms with Crippen LogP contribution < -0.4 is 5.32 Å². The van der Waals surface area contributed by atoms with Crippen LogP contribution in [0.2, 0.25) is 0 Å². The standard InChI is InChI=1S/C11H21NO4/c1-14-10(15-2)8-12-9(13)7-11(16-3)5-4-6-11/h10H,4-8H2,1-3H3,(H,12,13). The Kier molecular flexibility index (Phi) is 5.18. The van der Waals surface area contributed by atoms with Gasteiger partial charge in [-0.25, -0.2) is 0 Å². The normalized spacial score (nSPS) is 18.2. The zero-order chi connectivity index (χ0) is 12.0. The molecule has 1 rings (SSSR count). The van der Waals surface area contributed by atoms with E-state index in [1.54, 1.807) is 21.3 Å². The van der Waals surface area contributed by atoms with Crippen LogP contribution in [-0.2, 0) is 19.0 Å². The van der Waals surface area contributed by atoms with E-state index in [1.807, 2.05) is 0 Å². The smallest absolute Gasteiger partial charge is 0.223 e. The monoisotopic (exact) mass is 231 g/mol. The van der Waals surface area contributed by atoms with Crippen LogP contribution in [-0.4, -0.2) is 45.7 Å². The largest absolute Gasteiger partial charge is 0.378 e. The van der Waals surface area contributed by atoms with E-state index in [9.17, 15) is 4.79 Å². The lowest BCUT2D eigenvalue weighted by molar-refractivity contribution is -0.138. The number of carbonyl (C=O) groups excluding carboxylic acids is 1. The molecular weight excluding hydrogens is 210 g/mol. The fourth-order valence-corrected chi connectivity index (χ4v) is 1.84.